The molecule has 0 spiro atoms. The number of halogens is 3. The smallest absolute Gasteiger partial charge is 0.416 e. The first-order chi connectivity index (χ1) is 9.97. The number of nitrogens with zero attached hydrogens (tertiary/aromatic N) is 1. The zero-order valence-corrected chi connectivity index (χ0v) is 10.8. The molecule has 0 bridgehead atoms. The normalized spacial score (nSPS) is 13.5. The predicted molar refractivity (Wildman–Crippen MR) is 71.5 cm³/mol. The quantitative estimate of drug-likeness (QED) is 0.779. The molecule has 1 atom stereocenters. The minimum absolute atomic E-state index is 0.107. The van der Waals surface area contributed by atoms with E-state index in [1.807, 2.05) is 12.1 Å². The molecule has 0 saturated carbocycles. The third-order valence-corrected chi connectivity index (χ3v) is 3.24. The first-order valence-corrected chi connectivity index (χ1v) is 6.22. The molecule has 0 aliphatic carbocycles. The van der Waals surface area contributed by atoms with Crippen molar-refractivity contribution < 1.29 is 17.6 Å². The molecular weight excluding hydrogens is 281 g/mol. The topological polar surface area (TPSA) is 52.0 Å². The van der Waals surface area contributed by atoms with E-state index >= 15 is 0 Å². The molecule has 2 heterocycles. The number of benzene rings is 1. The van der Waals surface area contributed by atoms with Gasteiger partial charge in [-0.2, -0.15) is 13.2 Å². The summed E-state index contributed by atoms with van der Waals surface area (Å²) in [6.07, 6.45) is -2.26. The van der Waals surface area contributed by atoms with Gasteiger partial charge in [-0.15, -0.1) is 0 Å². The van der Waals surface area contributed by atoms with Gasteiger partial charge < -0.3 is 10.2 Å². The van der Waals surface area contributed by atoms with Gasteiger partial charge in [0.2, 0.25) is 0 Å². The van der Waals surface area contributed by atoms with E-state index in [2.05, 4.69) is 4.98 Å². The third kappa shape index (κ3) is 2.50. The summed E-state index contributed by atoms with van der Waals surface area (Å²) in [5.74, 6) is 0.273. The SMILES string of the molecule is NC(c1cc2ccccc2o1)c1cnccc1C(F)(F)F. The van der Waals surface area contributed by atoms with E-state index in [-0.39, 0.29) is 11.3 Å². The van der Waals surface area contributed by atoms with Gasteiger partial charge in [0.15, 0.2) is 0 Å². The summed E-state index contributed by atoms with van der Waals surface area (Å²) in [5, 5.41) is 0.792. The molecule has 1 unspecified atom stereocenters. The Balaban J connectivity index is 2.08. The van der Waals surface area contributed by atoms with Gasteiger partial charge in [-0.1, -0.05) is 18.2 Å². The largest absolute Gasteiger partial charge is 0.459 e. The van der Waals surface area contributed by atoms with Gasteiger partial charge in [0.1, 0.15) is 11.3 Å². The fourth-order valence-electron chi connectivity index (χ4n) is 2.22. The van der Waals surface area contributed by atoms with Crippen molar-refractivity contribution in [2.75, 3.05) is 0 Å². The van der Waals surface area contributed by atoms with E-state index in [0.29, 0.717) is 5.58 Å². The van der Waals surface area contributed by atoms with Gasteiger partial charge in [-0.3, -0.25) is 4.98 Å². The minimum atomic E-state index is -4.48. The Bertz CT molecular complexity index is 747. The van der Waals surface area contributed by atoms with Crippen molar-refractivity contribution in [2.45, 2.75) is 12.2 Å². The number of pyridine rings is 1. The molecule has 3 rings (SSSR count). The molecule has 0 saturated heterocycles. The lowest BCUT2D eigenvalue weighted by atomic mass is 10.0. The maximum atomic E-state index is 13.0. The minimum Gasteiger partial charge on any atom is -0.459 e. The lowest BCUT2D eigenvalue weighted by Gasteiger charge is -2.15. The summed E-state index contributed by atoms with van der Waals surface area (Å²) in [6.45, 7) is 0. The summed E-state index contributed by atoms with van der Waals surface area (Å²) in [4.78, 5) is 3.74. The van der Waals surface area contributed by atoms with Crippen molar-refractivity contribution in [1.82, 2.24) is 4.98 Å². The van der Waals surface area contributed by atoms with Crippen LogP contribution in [0.25, 0.3) is 11.0 Å². The molecule has 108 valence electrons. The molecule has 0 aliphatic heterocycles. The van der Waals surface area contributed by atoms with E-state index in [1.54, 1.807) is 18.2 Å². The number of hydrogen-bond donors (Lipinski definition) is 1. The van der Waals surface area contributed by atoms with Gasteiger partial charge in [0.05, 0.1) is 11.6 Å². The van der Waals surface area contributed by atoms with Crippen LogP contribution in [0.5, 0.6) is 0 Å². The number of para-hydroxylation sites is 1. The number of hydrogen-bond acceptors (Lipinski definition) is 3. The van der Waals surface area contributed by atoms with Crippen molar-refractivity contribution >= 4 is 11.0 Å². The van der Waals surface area contributed by atoms with Crippen LogP contribution >= 0.6 is 0 Å². The molecular formula is C15H11F3N2O. The lowest BCUT2D eigenvalue weighted by molar-refractivity contribution is -0.138. The summed E-state index contributed by atoms with van der Waals surface area (Å²) in [7, 11) is 0. The highest BCUT2D eigenvalue weighted by Crippen LogP contribution is 2.36. The molecule has 21 heavy (non-hydrogen) atoms. The van der Waals surface area contributed by atoms with Gasteiger partial charge in [0, 0.05) is 23.3 Å². The van der Waals surface area contributed by atoms with Crippen LogP contribution < -0.4 is 5.73 Å². The average molecular weight is 292 g/mol. The van der Waals surface area contributed by atoms with E-state index < -0.39 is 17.8 Å². The van der Waals surface area contributed by atoms with Gasteiger partial charge >= 0.3 is 6.18 Å². The van der Waals surface area contributed by atoms with Crippen molar-refractivity contribution in [2.24, 2.45) is 5.73 Å². The van der Waals surface area contributed by atoms with Crippen LogP contribution in [0.2, 0.25) is 0 Å². The van der Waals surface area contributed by atoms with Gasteiger partial charge in [0.25, 0.3) is 0 Å². The Labute approximate surface area is 118 Å². The maximum Gasteiger partial charge on any atom is 0.416 e. The van der Waals surface area contributed by atoms with Crippen molar-refractivity contribution in [1.29, 1.82) is 0 Å². The Morgan fingerprint density at radius 1 is 1.14 bits per heavy atom. The van der Waals surface area contributed by atoms with Crippen LogP contribution in [0.15, 0.2) is 53.2 Å². The van der Waals surface area contributed by atoms with E-state index in [1.165, 1.54) is 0 Å². The van der Waals surface area contributed by atoms with Crippen LogP contribution in [0.3, 0.4) is 0 Å². The highest BCUT2D eigenvalue weighted by atomic mass is 19.4. The molecule has 6 heteroatoms. The zero-order valence-electron chi connectivity index (χ0n) is 10.8. The van der Waals surface area contributed by atoms with Crippen LogP contribution in [0, 0.1) is 0 Å². The number of alkyl halides is 3. The molecule has 0 aliphatic rings. The highest BCUT2D eigenvalue weighted by molar-refractivity contribution is 5.78. The Kier molecular flexibility index (Phi) is 3.17. The number of rotatable bonds is 2. The average Bonchev–Trinajstić information content (AvgIpc) is 2.89. The van der Waals surface area contributed by atoms with Crippen LogP contribution in [0.1, 0.15) is 22.9 Å². The van der Waals surface area contributed by atoms with Gasteiger partial charge in [-0.05, 0) is 18.2 Å². The third-order valence-electron chi connectivity index (χ3n) is 3.24. The monoisotopic (exact) mass is 292 g/mol. The molecule has 0 radical (unpaired) electrons. The number of furan rings is 1. The Morgan fingerprint density at radius 3 is 2.62 bits per heavy atom. The summed E-state index contributed by atoms with van der Waals surface area (Å²) in [5.41, 5.74) is 5.62. The fraction of sp³-hybridized carbons (Fsp3) is 0.133. The molecule has 2 N–H and O–H groups in total. The van der Waals surface area contributed by atoms with E-state index in [9.17, 15) is 13.2 Å². The van der Waals surface area contributed by atoms with Crippen LogP contribution in [0.4, 0.5) is 13.2 Å². The molecule has 0 fully saturated rings. The van der Waals surface area contributed by atoms with Crippen LogP contribution in [-0.2, 0) is 6.18 Å². The van der Waals surface area contributed by atoms with Crippen molar-refractivity contribution in [3.8, 4) is 0 Å². The highest BCUT2D eigenvalue weighted by Gasteiger charge is 2.35. The second kappa shape index (κ2) is 4.89. The van der Waals surface area contributed by atoms with Crippen molar-refractivity contribution in [3.63, 3.8) is 0 Å². The molecule has 2 aromatic heterocycles. The van der Waals surface area contributed by atoms with Crippen LogP contribution in [-0.4, -0.2) is 4.98 Å². The van der Waals surface area contributed by atoms with E-state index in [0.717, 1.165) is 23.8 Å². The lowest BCUT2D eigenvalue weighted by Crippen LogP contribution is -2.18. The summed E-state index contributed by atoms with van der Waals surface area (Å²) in [6, 6.07) is 8.68. The fourth-order valence-corrected chi connectivity index (χ4v) is 2.22. The first kappa shape index (κ1) is 13.6. The summed E-state index contributed by atoms with van der Waals surface area (Å²) >= 11 is 0. The van der Waals surface area contributed by atoms with E-state index in [4.69, 9.17) is 10.2 Å². The standard InChI is InChI=1S/C15H11F3N2O/c16-15(17,18)11-5-6-20-8-10(11)14(19)13-7-9-3-1-2-4-12(9)21-13/h1-8,14H,19H2. The van der Waals surface area contributed by atoms with Gasteiger partial charge in [-0.25, -0.2) is 0 Å². The molecule has 3 aromatic rings. The predicted octanol–water partition coefficient (Wildman–Crippen LogP) is 3.89. The number of nitrogens with two attached hydrogens (primary N) is 1. The number of fused-ring (bicyclic) bond motifs is 1. The summed E-state index contributed by atoms with van der Waals surface area (Å²) < 4.78 is 44.6. The van der Waals surface area contributed by atoms with Crippen molar-refractivity contribution in [3.05, 3.63) is 65.7 Å². The second-order valence-electron chi connectivity index (χ2n) is 4.62. The molecule has 0 amide bonds. The first-order valence-electron chi connectivity index (χ1n) is 6.22. The second-order valence-corrected chi connectivity index (χ2v) is 4.62. The molecule has 3 nitrogen and oxygen atoms in total. The Morgan fingerprint density at radius 2 is 1.90 bits per heavy atom. The Hall–Kier alpha value is -2.34. The zero-order chi connectivity index (χ0) is 15.0. The number of aromatic nitrogens is 1. The maximum absolute atomic E-state index is 13.0. The molecule has 1 aromatic carbocycles.